The van der Waals surface area contributed by atoms with Crippen molar-refractivity contribution in [1.82, 2.24) is 5.32 Å². The lowest BCUT2D eigenvalue weighted by Gasteiger charge is -2.33. The van der Waals surface area contributed by atoms with Gasteiger partial charge in [0, 0.05) is 19.2 Å². The van der Waals surface area contributed by atoms with Gasteiger partial charge in [0.15, 0.2) is 0 Å². The lowest BCUT2D eigenvalue weighted by Crippen LogP contribution is -2.44. The quantitative estimate of drug-likeness (QED) is 0.861. The monoisotopic (exact) mass is 233 g/mol. The highest BCUT2D eigenvalue weighted by Crippen LogP contribution is 2.23. The Kier molecular flexibility index (Phi) is 4.57. The highest BCUT2D eigenvalue weighted by molar-refractivity contribution is 5.18. The number of benzene rings is 1. The predicted octanol–water partition coefficient (Wildman–Crippen LogP) is 3.29. The van der Waals surface area contributed by atoms with Crippen molar-refractivity contribution in [3.63, 3.8) is 0 Å². The number of nitrogens with one attached hydrogen (secondary N) is 1. The second-order valence-corrected chi connectivity index (χ2v) is 4.96. The van der Waals surface area contributed by atoms with Gasteiger partial charge in [-0.3, -0.25) is 0 Å². The summed E-state index contributed by atoms with van der Waals surface area (Å²) in [5.41, 5.74) is 1.35. The molecule has 17 heavy (non-hydrogen) atoms. The largest absolute Gasteiger partial charge is 0.380 e. The van der Waals surface area contributed by atoms with E-state index in [2.05, 4.69) is 42.6 Å². The minimum absolute atomic E-state index is 0.384. The summed E-state index contributed by atoms with van der Waals surface area (Å²) in [5.74, 6) is 0. The first-order valence-corrected chi connectivity index (χ1v) is 6.65. The maximum absolute atomic E-state index is 5.58. The Morgan fingerprint density at radius 3 is 2.59 bits per heavy atom. The molecule has 0 heterocycles. The molecule has 1 aromatic rings. The lowest BCUT2D eigenvalue weighted by atomic mass is 9.91. The van der Waals surface area contributed by atoms with Crippen LogP contribution < -0.4 is 5.32 Å². The van der Waals surface area contributed by atoms with Crippen LogP contribution in [0.1, 0.15) is 44.2 Å². The van der Waals surface area contributed by atoms with Gasteiger partial charge in [0.25, 0.3) is 0 Å². The molecule has 1 N–H and O–H groups in total. The molecule has 1 saturated carbocycles. The Morgan fingerprint density at radius 2 is 1.88 bits per heavy atom. The Bertz CT molecular complexity index is 325. The SMILES string of the molecule is CO[C@H]1CCCC[C@H]1N[C@H](C)c1ccccc1. The average molecular weight is 233 g/mol. The normalized spacial score (nSPS) is 26.7. The minimum Gasteiger partial charge on any atom is -0.380 e. The third-order valence-electron chi connectivity index (χ3n) is 3.77. The number of rotatable bonds is 4. The molecule has 0 spiro atoms. The molecule has 2 nitrogen and oxygen atoms in total. The van der Waals surface area contributed by atoms with Gasteiger partial charge in [-0.25, -0.2) is 0 Å². The molecule has 0 amide bonds. The van der Waals surface area contributed by atoms with E-state index in [4.69, 9.17) is 4.74 Å². The number of hydrogen-bond donors (Lipinski definition) is 1. The van der Waals surface area contributed by atoms with Crippen LogP contribution in [0.2, 0.25) is 0 Å². The highest BCUT2D eigenvalue weighted by Gasteiger charge is 2.25. The van der Waals surface area contributed by atoms with Crippen LogP contribution in [0.5, 0.6) is 0 Å². The zero-order chi connectivity index (χ0) is 12.1. The van der Waals surface area contributed by atoms with Crippen LogP contribution in [-0.4, -0.2) is 19.3 Å². The third-order valence-corrected chi connectivity index (χ3v) is 3.77. The molecular formula is C15H23NO. The van der Waals surface area contributed by atoms with Crippen LogP contribution in [-0.2, 0) is 4.74 Å². The number of ether oxygens (including phenoxy) is 1. The topological polar surface area (TPSA) is 21.3 Å². The summed E-state index contributed by atoms with van der Waals surface area (Å²) in [6, 6.07) is 11.5. The van der Waals surface area contributed by atoms with Crippen molar-refractivity contribution >= 4 is 0 Å². The van der Waals surface area contributed by atoms with Gasteiger partial charge in [0.05, 0.1) is 6.10 Å². The molecular weight excluding hydrogens is 210 g/mol. The van der Waals surface area contributed by atoms with Crippen molar-refractivity contribution in [2.24, 2.45) is 0 Å². The van der Waals surface area contributed by atoms with Gasteiger partial charge in [0.1, 0.15) is 0 Å². The lowest BCUT2D eigenvalue weighted by molar-refractivity contribution is 0.0384. The van der Waals surface area contributed by atoms with Crippen LogP contribution >= 0.6 is 0 Å². The molecule has 1 fully saturated rings. The Morgan fingerprint density at radius 1 is 1.18 bits per heavy atom. The van der Waals surface area contributed by atoms with E-state index in [1.807, 2.05) is 7.11 Å². The van der Waals surface area contributed by atoms with Crippen molar-refractivity contribution < 1.29 is 4.74 Å². The van der Waals surface area contributed by atoms with E-state index in [1.165, 1.54) is 31.2 Å². The first kappa shape index (κ1) is 12.6. The standard InChI is InChI=1S/C15H23NO/c1-12(13-8-4-3-5-9-13)16-14-10-6-7-11-15(14)17-2/h3-5,8-9,12,14-16H,6-7,10-11H2,1-2H3/t12-,14-,15+/m1/s1. The summed E-state index contributed by atoms with van der Waals surface area (Å²) in [6.07, 6.45) is 5.43. The van der Waals surface area contributed by atoms with Gasteiger partial charge in [-0.1, -0.05) is 43.2 Å². The van der Waals surface area contributed by atoms with E-state index in [0.29, 0.717) is 18.2 Å². The molecule has 2 heteroatoms. The van der Waals surface area contributed by atoms with E-state index < -0.39 is 0 Å². The van der Waals surface area contributed by atoms with Crippen LogP contribution in [0.4, 0.5) is 0 Å². The van der Waals surface area contributed by atoms with E-state index in [-0.39, 0.29) is 0 Å². The van der Waals surface area contributed by atoms with Gasteiger partial charge >= 0.3 is 0 Å². The van der Waals surface area contributed by atoms with Gasteiger partial charge < -0.3 is 10.1 Å². The minimum atomic E-state index is 0.384. The van der Waals surface area contributed by atoms with Crippen molar-refractivity contribution in [1.29, 1.82) is 0 Å². The fraction of sp³-hybridized carbons (Fsp3) is 0.600. The van der Waals surface area contributed by atoms with Gasteiger partial charge in [0.2, 0.25) is 0 Å². The van der Waals surface area contributed by atoms with Crippen molar-refractivity contribution in [2.45, 2.75) is 50.8 Å². The predicted molar refractivity (Wildman–Crippen MR) is 71.0 cm³/mol. The van der Waals surface area contributed by atoms with Gasteiger partial charge in [-0.2, -0.15) is 0 Å². The molecule has 0 bridgehead atoms. The summed E-state index contributed by atoms with van der Waals surface area (Å²) in [6.45, 7) is 2.23. The summed E-state index contributed by atoms with van der Waals surface area (Å²) >= 11 is 0. The average Bonchev–Trinajstić information content (AvgIpc) is 2.40. The van der Waals surface area contributed by atoms with Crippen LogP contribution in [0.15, 0.2) is 30.3 Å². The zero-order valence-corrected chi connectivity index (χ0v) is 10.9. The Labute approximate surface area is 104 Å². The second kappa shape index (κ2) is 6.18. The van der Waals surface area contributed by atoms with Crippen LogP contribution in [0.25, 0.3) is 0 Å². The Balaban J connectivity index is 1.95. The van der Waals surface area contributed by atoms with Crippen LogP contribution in [0.3, 0.4) is 0 Å². The van der Waals surface area contributed by atoms with Crippen molar-refractivity contribution in [3.8, 4) is 0 Å². The Hall–Kier alpha value is -0.860. The van der Waals surface area contributed by atoms with Crippen molar-refractivity contribution in [2.75, 3.05) is 7.11 Å². The van der Waals surface area contributed by atoms with E-state index in [1.54, 1.807) is 0 Å². The molecule has 1 aliphatic rings. The summed E-state index contributed by atoms with van der Waals surface area (Å²) in [7, 11) is 1.83. The van der Waals surface area contributed by atoms with E-state index in [9.17, 15) is 0 Å². The van der Waals surface area contributed by atoms with E-state index in [0.717, 1.165) is 0 Å². The molecule has 0 aliphatic heterocycles. The molecule has 0 unspecified atom stereocenters. The van der Waals surface area contributed by atoms with E-state index >= 15 is 0 Å². The van der Waals surface area contributed by atoms with Gasteiger partial charge in [-0.15, -0.1) is 0 Å². The highest BCUT2D eigenvalue weighted by atomic mass is 16.5. The van der Waals surface area contributed by atoms with Gasteiger partial charge in [-0.05, 0) is 25.3 Å². The maximum Gasteiger partial charge on any atom is 0.0724 e. The molecule has 1 aromatic carbocycles. The van der Waals surface area contributed by atoms with Crippen LogP contribution in [0, 0.1) is 0 Å². The first-order valence-electron chi connectivity index (χ1n) is 6.65. The van der Waals surface area contributed by atoms with Crippen molar-refractivity contribution in [3.05, 3.63) is 35.9 Å². The fourth-order valence-electron chi connectivity index (χ4n) is 2.73. The molecule has 2 rings (SSSR count). The molecule has 3 atom stereocenters. The summed E-state index contributed by atoms with van der Waals surface area (Å²) in [4.78, 5) is 0. The molecule has 0 saturated heterocycles. The number of hydrogen-bond acceptors (Lipinski definition) is 2. The smallest absolute Gasteiger partial charge is 0.0724 e. The molecule has 0 radical (unpaired) electrons. The fourth-order valence-corrected chi connectivity index (χ4v) is 2.73. The number of methoxy groups -OCH3 is 1. The molecule has 94 valence electrons. The maximum atomic E-state index is 5.58. The third kappa shape index (κ3) is 3.30. The second-order valence-electron chi connectivity index (χ2n) is 4.96. The summed E-state index contributed by atoms with van der Waals surface area (Å²) < 4.78 is 5.58. The summed E-state index contributed by atoms with van der Waals surface area (Å²) in [5, 5.41) is 3.71. The first-order chi connectivity index (χ1) is 8.31. The molecule has 1 aliphatic carbocycles. The zero-order valence-electron chi connectivity index (χ0n) is 10.9. The molecule has 0 aromatic heterocycles.